The molecule has 2 aromatic carbocycles. The molecule has 2 aromatic rings. The summed E-state index contributed by atoms with van der Waals surface area (Å²) < 4.78 is 16.4. The molecule has 0 unspecified atom stereocenters. The van der Waals surface area contributed by atoms with Crippen LogP contribution in [0.4, 0.5) is 5.69 Å². The van der Waals surface area contributed by atoms with Crippen LogP contribution >= 0.6 is 0 Å². The first-order chi connectivity index (χ1) is 16.1. The standard InChI is InChI=1S/C25H29N3O5/c1-31-21-7-3-2-6-19(21)20(27-10-4-5-11-27)14-26-25(30)17-12-24(29)28(15-17)18-8-9-22-23(13-18)33-16-32-22/h2-3,6-9,13,17,20H,4-5,10-12,14-16H2,1H3,(H,26,30)/t17-,20+/m1/s1. The maximum atomic E-state index is 13.1. The Morgan fingerprint density at radius 2 is 1.94 bits per heavy atom. The Morgan fingerprint density at radius 1 is 1.15 bits per heavy atom. The van der Waals surface area contributed by atoms with Crippen molar-refractivity contribution in [3.05, 3.63) is 48.0 Å². The lowest BCUT2D eigenvalue weighted by Crippen LogP contribution is -2.40. The van der Waals surface area contributed by atoms with Gasteiger partial charge in [-0.3, -0.25) is 14.5 Å². The number of nitrogens with zero attached hydrogens (tertiary/aromatic N) is 2. The number of amides is 2. The van der Waals surface area contributed by atoms with Crippen LogP contribution in [-0.2, 0) is 9.59 Å². The van der Waals surface area contributed by atoms with Crippen molar-refractivity contribution in [1.82, 2.24) is 10.2 Å². The highest BCUT2D eigenvalue weighted by atomic mass is 16.7. The molecule has 8 nitrogen and oxygen atoms in total. The summed E-state index contributed by atoms with van der Waals surface area (Å²) in [4.78, 5) is 29.8. The van der Waals surface area contributed by atoms with Crippen LogP contribution in [-0.4, -0.2) is 56.8 Å². The van der Waals surface area contributed by atoms with E-state index < -0.39 is 0 Å². The van der Waals surface area contributed by atoms with Gasteiger partial charge in [0, 0.05) is 36.8 Å². The third-order valence-corrected chi connectivity index (χ3v) is 6.71. The molecule has 0 spiro atoms. The quantitative estimate of drug-likeness (QED) is 0.697. The summed E-state index contributed by atoms with van der Waals surface area (Å²) in [6.07, 6.45) is 2.51. The molecule has 2 amide bonds. The molecule has 0 saturated carbocycles. The summed E-state index contributed by atoms with van der Waals surface area (Å²) >= 11 is 0. The number of rotatable bonds is 7. The Labute approximate surface area is 193 Å². The van der Waals surface area contributed by atoms with E-state index in [1.165, 1.54) is 0 Å². The number of carbonyl (C=O) groups excluding carboxylic acids is 2. The third-order valence-electron chi connectivity index (χ3n) is 6.71. The fourth-order valence-corrected chi connectivity index (χ4v) is 4.96. The molecule has 3 aliphatic heterocycles. The van der Waals surface area contributed by atoms with Crippen LogP contribution in [0.3, 0.4) is 0 Å². The zero-order valence-electron chi connectivity index (χ0n) is 18.8. The first-order valence-corrected chi connectivity index (χ1v) is 11.5. The predicted molar refractivity (Wildman–Crippen MR) is 123 cm³/mol. The Morgan fingerprint density at radius 3 is 2.76 bits per heavy atom. The van der Waals surface area contributed by atoms with Crippen molar-refractivity contribution in [3.8, 4) is 17.2 Å². The van der Waals surface area contributed by atoms with Gasteiger partial charge >= 0.3 is 0 Å². The number of ether oxygens (including phenoxy) is 3. The van der Waals surface area contributed by atoms with E-state index in [9.17, 15) is 9.59 Å². The second-order valence-electron chi connectivity index (χ2n) is 8.69. The van der Waals surface area contributed by atoms with E-state index >= 15 is 0 Å². The lowest BCUT2D eigenvalue weighted by atomic mass is 10.0. The second kappa shape index (κ2) is 9.31. The van der Waals surface area contributed by atoms with E-state index in [1.807, 2.05) is 24.3 Å². The minimum Gasteiger partial charge on any atom is -0.496 e. The molecule has 1 N–H and O–H groups in total. The van der Waals surface area contributed by atoms with Crippen molar-refractivity contribution < 1.29 is 23.8 Å². The van der Waals surface area contributed by atoms with Gasteiger partial charge in [0.25, 0.3) is 0 Å². The molecule has 0 aliphatic carbocycles. The molecule has 2 atom stereocenters. The van der Waals surface area contributed by atoms with Gasteiger partial charge in [-0.15, -0.1) is 0 Å². The third kappa shape index (κ3) is 4.35. The number of benzene rings is 2. The summed E-state index contributed by atoms with van der Waals surface area (Å²) in [5.41, 5.74) is 1.80. The van der Waals surface area contributed by atoms with E-state index in [1.54, 1.807) is 24.1 Å². The summed E-state index contributed by atoms with van der Waals surface area (Å²) in [5, 5.41) is 3.13. The van der Waals surface area contributed by atoms with Crippen molar-refractivity contribution in [2.24, 2.45) is 5.92 Å². The summed E-state index contributed by atoms with van der Waals surface area (Å²) in [7, 11) is 1.67. The van der Waals surface area contributed by atoms with E-state index in [0.29, 0.717) is 24.6 Å². The van der Waals surface area contributed by atoms with Crippen molar-refractivity contribution in [3.63, 3.8) is 0 Å². The minimum atomic E-state index is -0.389. The zero-order chi connectivity index (χ0) is 22.8. The van der Waals surface area contributed by atoms with Crippen LogP contribution in [0.2, 0.25) is 0 Å². The highest BCUT2D eigenvalue weighted by molar-refractivity contribution is 6.00. The summed E-state index contributed by atoms with van der Waals surface area (Å²) in [6.45, 7) is 3.01. The first kappa shape index (κ1) is 21.6. The molecule has 3 heterocycles. The fourth-order valence-electron chi connectivity index (χ4n) is 4.96. The van der Waals surface area contributed by atoms with Gasteiger partial charge in [0.05, 0.1) is 19.1 Å². The molecule has 33 heavy (non-hydrogen) atoms. The summed E-state index contributed by atoms with van der Waals surface area (Å²) in [5.74, 6) is 1.58. The normalized spacial score (nSPS) is 20.8. The average molecular weight is 452 g/mol. The highest BCUT2D eigenvalue weighted by Gasteiger charge is 2.36. The molecule has 8 heteroatoms. The number of anilines is 1. The molecular formula is C25H29N3O5. The molecule has 5 rings (SSSR count). The van der Waals surface area contributed by atoms with Crippen LogP contribution < -0.4 is 24.4 Å². The van der Waals surface area contributed by atoms with Crippen molar-refractivity contribution in [2.45, 2.75) is 25.3 Å². The SMILES string of the molecule is COc1ccccc1[C@H](CNC(=O)[C@@H]1CC(=O)N(c2ccc3c(c2)OCO3)C1)N1CCCC1. The second-order valence-corrected chi connectivity index (χ2v) is 8.69. The van der Waals surface area contributed by atoms with Gasteiger partial charge in [-0.1, -0.05) is 18.2 Å². The van der Waals surface area contributed by atoms with E-state index in [4.69, 9.17) is 14.2 Å². The number of methoxy groups -OCH3 is 1. The topological polar surface area (TPSA) is 80.3 Å². The number of carbonyl (C=O) groups is 2. The maximum absolute atomic E-state index is 13.1. The van der Waals surface area contributed by atoms with Crippen LogP contribution in [0.15, 0.2) is 42.5 Å². The lowest BCUT2D eigenvalue weighted by molar-refractivity contribution is -0.126. The van der Waals surface area contributed by atoms with Gasteiger partial charge in [0.1, 0.15) is 5.75 Å². The Kier molecular flexibility index (Phi) is 6.09. The van der Waals surface area contributed by atoms with Gasteiger partial charge in [-0.05, 0) is 44.1 Å². The number of nitrogens with one attached hydrogen (secondary N) is 1. The van der Waals surface area contributed by atoms with Gasteiger partial charge in [0.2, 0.25) is 18.6 Å². The van der Waals surface area contributed by atoms with E-state index in [0.717, 1.165) is 42.9 Å². The van der Waals surface area contributed by atoms with Crippen LogP contribution in [0.25, 0.3) is 0 Å². The van der Waals surface area contributed by atoms with Gasteiger partial charge in [-0.2, -0.15) is 0 Å². The summed E-state index contributed by atoms with van der Waals surface area (Å²) in [6, 6.07) is 13.4. The van der Waals surface area contributed by atoms with Crippen molar-refractivity contribution in [2.75, 3.05) is 45.0 Å². The number of likely N-dealkylation sites (tertiary alicyclic amines) is 1. The smallest absolute Gasteiger partial charge is 0.231 e. The monoisotopic (exact) mass is 451 g/mol. The molecule has 2 fully saturated rings. The predicted octanol–water partition coefficient (Wildman–Crippen LogP) is 2.73. The lowest BCUT2D eigenvalue weighted by Gasteiger charge is -2.29. The Bertz CT molecular complexity index is 1040. The van der Waals surface area contributed by atoms with Crippen LogP contribution in [0.1, 0.15) is 30.9 Å². The molecule has 2 saturated heterocycles. The van der Waals surface area contributed by atoms with Crippen LogP contribution in [0.5, 0.6) is 17.2 Å². The van der Waals surface area contributed by atoms with Crippen LogP contribution in [0, 0.1) is 5.92 Å². The molecule has 0 radical (unpaired) electrons. The van der Waals surface area contributed by atoms with Crippen molar-refractivity contribution >= 4 is 17.5 Å². The number of hydrogen-bond acceptors (Lipinski definition) is 6. The van der Waals surface area contributed by atoms with Crippen molar-refractivity contribution in [1.29, 1.82) is 0 Å². The average Bonchev–Trinajstić information content (AvgIpc) is 3.60. The highest BCUT2D eigenvalue weighted by Crippen LogP contribution is 2.37. The van der Waals surface area contributed by atoms with E-state index in [2.05, 4.69) is 16.3 Å². The zero-order valence-corrected chi connectivity index (χ0v) is 18.8. The van der Waals surface area contributed by atoms with Gasteiger partial charge in [-0.25, -0.2) is 0 Å². The number of para-hydroxylation sites is 1. The fraction of sp³-hybridized carbons (Fsp3) is 0.440. The van der Waals surface area contributed by atoms with Gasteiger partial charge < -0.3 is 24.4 Å². The van der Waals surface area contributed by atoms with Gasteiger partial charge in [0.15, 0.2) is 11.5 Å². The molecule has 174 valence electrons. The largest absolute Gasteiger partial charge is 0.496 e. The number of fused-ring (bicyclic) bond motifs is 1. The molecule has 0 aromatic heterocycles. The molecule has 0 bridgehead atoms. The Balaban J connectivity index is 1.26. The first-order valence-electron chi connectivity index (χ1n) is 11.5. The number of hydrogen-bond donors (Lipinski definition) is 1. The van der Waals surface area contributed by atoms with E-state index in [-0.39, 0.29) is 37.0 Å². The molecular weight excluding hydrogens is 422 g/mol. The minimum absolute atomic E-state index is 0.0367. The Hall–Kier alpha value is -3.26. The maximum Gasteiger partial charge on any atom is 0.231 e. The molecule has 3 aliphatic rings.